The summed E-state index contributed by atoms with van der Waals surface area (Å²) in [7, 11) is 0. The zero-order valence-corrected chi connectivity index (χ0v) is 23.0. The molecule has 202 valence electrons. The Bertz CT molecular complexity index is 1280. The third-order valence-electron chi connectivity index (χ3n) is 7.09. The van der Waals surface area contributed by atoms with Gasteiger partial charge in [-0.3, -0.25) is 14.6 Å². The fourth-order valence-corrected chi connectivity index (χ4v) is 4.85. The summed E-state index contributed by atoms with van der Waals surface area (Å²) >= 11 is 0. The first kappa shape index (κ1) is 27.4. The summed E-state index contributed by atoms with van der Waals surface area (Å²) in [6.07, 6.45) is 4.77. The molecule has 1 fully saturated rings. The molecule has 3 heterocycles. The molecule has 1 aliphatic rings. The van der Waals surface area contributed by atoms with Gasteiger partial charge in [0.1, 0.15) is 23.6 Å². The number of hydrogen-bond acceptors (Lipinski definition) is 5. The molecule has 0 unspecified atom stereocenters. The summed E-state index contributed by atoms with van der Waals surface area (Å²) in [4.78, 5) is 32.9. The number of amides is 2. The molecular formula is C29H37FN6O2. The van der Waals surface area contributed by atoms with E-state index in [9.17, 15) is 14.0 Å². The minimum atomic E-state index is -0.543. The van der Waals surface area contributed by atoms with Crippen molar-refractivity contribution >= 4 is 11.8 Å². The maximum absolute atomic E-state index is 14.1. The van der Waals surface area contributed by atoms with Crippen LogP contribution in [0.25, 0.3) is 11.3 Å². The number of aromatic nitrogens is 4. The van der Waals surface area contributed by atoms with Crippen LogP contribution in [-0.2, 0) is 15.0 Å². The smallest absolute Gasteiger partial charge is 0.248 e. The highest BCUT2D eigenvalue weighted by molar-refractivity contribution is 5.90. The van der Waals surface area contributed by atoms with Crippen molar-refractivity contribution in [2.45, 2.75) is 77.9 Å². The number of carbonyl (C=O) groups excluding carboxylic acids is 2. The van der Waals surface area contributed by atoms with Gasteiger partial charge < -0.3 is 10.2 Å². The van der Waals surface area contributed by atoms with E-state index in [-0.39, 0.29) is 40.7 Å². The number of hydrogen-bond donors (Lipinski definition) is 1. The molecule has 8 nitrogen and oxygen atoms in total. The van der Waals surface area contributed by atoms with Crippen molar-refractivity contribution in [3.8, 4) is 11.3 Å². The highest BCUT2D eigenvalue weighted by Gasteiger charge is 2.39. The summed E-state index contributed by atoms with van der Waals surface area (Å²) in [5.41, 5.74) is 2.47. The lowest BCUT2D eigenvalue weighted by molar-refractivity contribution is -0.142. The lowest BCUT2D eigenvalue weighted by atomic mass is 9.93. The van der Waals surface area contributed by atoms with E-state index in [0.29, 0.717) is 18.5 Å². The Kier molecular flexibility index (Phi) is 7.94. The van der Waals surface area contributed by atoms with Gasteiger partial charge in [-0.15, -0.1) is 5.10 Å². The Morgan fingerprint density at radius 3 is 2.42 bits per heavy atom. The molecule has 0 bridgehead atoms. The van der Waals surface area contributed by atoms with E-state index < -0.39 is 12.1 Å². The maximum Gasteiger partial charge on any atom is 0.248 e. The average molecular weight is 521 g/mol. The van der Waals surface area contributed by atoms with Crippen molar-refractivity contribution in [2.24, 2.45) is 5.92 Å². The third kappa shape index (κ3) is 5.76. The van der Waals surface area contributed by atoms with Crippen molar-refractivity contribution in [3.05, 3.63) is 65.9 Å². The summed E-state index contributed by atoms with van der Waals surface area (Å²) in [6, 6.07) is 8.88. The fraction of sp³-hybridized carbons (Fsp3) is 0.483. The predicted octanol–water partition coefficient (Wildman–Crippen LogP) is 4.84. The van der Waals surface area contributed by atoms with E-state index in [4.69, 9.17) is 0 Å². The van der Waals surface area contributed by atoms with Crippen molar-refractivity contribution in [2.75, 3.05) is 6.54 Å². The van der Waals surface area contributed by atoms with Crippen molar-refractivity contribution < 1.29 is 14.0 Å². The number of carbonyl (C=O) groups is 2. The van der Waals surface area contributed by atoms with Crippen molar-refractivity contribution in [1.29, 1.82) is 0 Å². The van der Waals surface area contributed by atoms with Crippen LogP contribution in [0.5, 0.6) is 0 Å². The van der Waals surface area contributed by atoms with Gasteiger partial charge in [0.15, 0.2) is 0 Å². The molecule has 3 atom stereocenters. The topological polar surface area (TPSA) is 93.0 Å². The molecule has 3 aromatic rings. The Morgan fingerprint density at radius 2 is 1.82 bits per heavy atom. The number of likely N-dealkylation sites (tertiary alicyclic amines) is 1. The van der Waals surface area contributed by atoms with E-state index in [2.05, 4.69) is 41.4 Å². The number of benzene rings is 1. The lowest BCUT2D eigenvalue weighted by Gasteiger charge is -2.30. The van der Waals surface area contributed by atoms with Crippen molar-refractivity contribution in [1.82, 2.24) is 30.2 Å². The molecule has 1 saturated heterocycles. The minimum Gasteiger partial charge on any atom is -0.348 e. The summed E-state index contributed by atoms with van der Waals surface area (Å²) in [5.74, 6) is -0.701. The monoisotopic (exact) mass is 520 g/mol. The van der Waals surface area contributed by atoms with Crippen LogP contribution in [0.3, 0.4) is 0 Å². The molecule has 2 aromatic heterocycles. The number of nitrogens with zero attached hydrogens (tertiary/aromatic N) is 5. The van der Waals surface area contributed by atoms with Crippen LogP contribution in [0.2, 0.25) is 0 Å². The second-order valence-corrected chi connectivity index (χ2v) is 11.4. The van der Waals surface area contributed by atoms with Gasteiger partial charge in [0.25, 0.3) is 0 Å². The molecule has 1 aliphatic heterocycles. The van der Waals surface area contributed by atoms with Gasteiger partial charge in [0.05, 0.1) is 11.7 Å². The van der Waals surface area contributed by atoms with Gasteiger partial charge in [-0.05, 0) is 43.4 Å². The summed E-state index contributed by atoms with van der Waals surface area (Å²) in [6.45, 7) is 12.6. The molecule has 1 aromatic carbocycles. The van der Waals surface area contributed by atoms with Gasteiger partial charge in [-0.25, -0.2) is 9.07 Å². The van der Waals surface area contributed by atoms with E-state index in [1.807, 2.05) is 39.1 Å². The second-order valence-electron chi connectivity index (χ2n) is 11.4. The number of rotatable bonds is 7. The largest absolute Gasteiger partial charge is 0.348 e. The lowest BCUT2D eigenvalue weighted by Crippen LogP contribution is -2.49. The molecule has 0 spiro atoms. The number of halogens is 1. The van der Waals surface area contributed by atoms with Crippen LogP contribution in [0.4, 0.5) is 4.39 Å². The van der Waals surface area contributed by atoms with Crippen molar-refractivity contribution in [3.63, 3.8) is 0 Å². The molecular weight excluding hydrogens is 483 g/mol. The Balaban J connectivity index is 1.46. The van der Waals surface area contributed by atoms with Gasteiger partial charge in [-0.2, -0.15) is 0 Å². The Hall–Kier alpha value is -3.62. The maximum atomic E-state index is 14.1. The third-order valence-corrected chi connectivity index (χ3v) is 7.09. The molecule has 0 aliphatic carbocycles. The first-order valence-electron chi connectivity index (χ1n) is 13.2. The molecule has 9 heteroatoms. The summed E-state index contributed by atoms with van der Waals surface area (Å²) in [5, 5.41) is 11.6. The Labute approximate surface area is 223 Å². The molecule has 1 N–H and O–H groups in total. The van der Waals surface area contributed by atoms with Crippen LogP contribution < -0.4 is 5.32 Å². The first-order chi connectivity index (χ1) is 18.0. The zero-order chi connectivity index (χ0) is 27.6. The normalized spacial score (nSPS) is 17.5. The SMILES string of the molecule is CC(C)[C@@H](C(=O)N1CCC[C@H]1C(=O)N[C@@H](C)c1ccc(-c2ncccc2F)cc1)n1cc(C(C)(C)C)nn1. The standard InChI is InChI=1S/C29H37FN6O2/c1-18(2)26(36-17-24(33-34-36)29(4,5)6)28(38)35-16-8-10-23(35)27(37)32-19(3)20-11-13-21(14-12-20)25-22(30)9-7-15-31-25/h7,9,11-15,17-19,23,26H,8,10,16H2,1-6H3,(H,32,37)/t19-,23-,26-/m0/s1. The fourth-order valence-electron chi connectivity index (χ4n) is 4.85. The summed E-state index contributed by atoms with van der Waals surface area (Å²) < 4.78 is 15.7. The van der Waals surface area contributed by atoms with E-state index in [0.717, 1.165) is 17.7 Å². The molecule has 4 rings (SSSR count). The van der Waals surface area contributed by atoms with E-state index in [1.54, 1.807) is 34.0 Å². The Morgan fingerprint density at radius 1 is 1.11 bits per heavy atom. The van der Waals surface area contributed by atoms with Gasteiger partial charge in [-0.1, -0.05) is 64.1 Å². The van der Waals surface area contributed by atoms with Crippen LogP contribution >= 0.6 is 0 Å². The second kappa shape index (κ2) is 11.0. The zero-order valence-electron chi connectivity index (χ0n) is 23.0. The number of nitrogens with one attached hydrogen (secondary N) is 1. The molecule has 2 amide bonds. The number of pyridine rings is 1. The molecule has 38 heavy (non-hydrogen) atoms. The van der Waals surface area contributed by atoms with Gasteiger partial charge in [0, 0.05) is 29.9 Å². The van der Waals surface area contributed by atoms with Crippen LogP contribution in [0.15, 0.2) is 48.8 Å². The molecule has 0 radical (unpaired) electrons. The quantitative estimate of drug-likeness (QED) is 0.481. The average Bonchev–Trinajstić information content (AvgIpc) is 3.55. The van der Waals surface area contributed by atoms with Crippen LogP contribution in [0.1, 0.15) is 77.7 Å². The van der Waals surface area contributed by atoms with E-state index in [1.165, 1.54) is 6.07 Å². The van der Waals surface area contributed by atoms with Gasteiger partial charge in [0.2, 0.25) is 11.8 Å². The first-order valence-corrected chi connectivity index (χ1v) is 13.2. The minimum absolute atomic E-state index is 0.0253. The highest BCUT2D eigenvalue weighted by Crippen LogP contribution is 2.29. The van der Waals surface area contributed by atoms with E-state index >= 15 is 0 Å². The van der Waals surface area contributed by atoms with Crippen LogP contribution in [0, 0.1) is 11.7 Å². The highest BCUT2D eigenvalue weighted by atomic mass is 19.1. The van der Waals surface area contributed by atoms with Crippen LogP contribution in [-0.4, -0.2) is 49.3 Å². The van der Waals surface area contributed by atoms with Gasteiger partial charge >= 0.3 is 0 Å². The predicted molar refractivity (Wildman–Crippen MR) is 144 cm³/mol. The molecule has 0 saturated carbocycles.